The highest BCUT2D eigenvalue weighted by atomic mass is 32.2. The van der Waals surface area contributed by atoms with Crippen molar-refractivity contribution in [1.82, 2.24) is 9.71 Å². The fourth-order valence-electron chi connectivity index (χ4n) is 2.43. The first-order valence-corrected chi connectivity index (χ1v) is 8.45. The summed E-state index contributed by atoms with van der Waals surface area (Å²) in [5.74, 6) is -1.93. The van der Waals surface area contributed by atoms with Crippen LogP contribution >= 0.6 is 0 Å². The van der Waals surface area contributed by atoms with Crippen molar-refractivity contribution in [2.75, 3.05) is 6.54 Å². The van der Waals surface area contributed by atoms with E-state index in [-0.39, 0.29) is 6.54 Å². The number of halogens is 2. The summed E-state index contributed by atoms with van der Waals surface area (Å²) < 4.78 is 52.9. The topological polar surface area (TPSA) is 62.0 Å². The van der Waals surface area contributed by atoms with Crippen molar-refractivity contribution in [3.05, 3.63) is 65.9 Å². The molecule has 0 spiro atoms. The van der Waals surface area contributed by atoms with Crippen LogP contribution in [-0.2, 0) is 16.4 Å². The van der Waals surface area contributed by atoms with Gasteiger partial charge in [0.2, 0.25) is 10.0 Å². The zero-order valence-electron chi connectivity index (χ0n) is 12.0. The summed E-state index contributed by atoms with van der Waals surface area (Å²) >= 11 is 0. The Labute approximate surface area is 132 Å². The van der Waals surface area contributed by atoms with Crippen LogP contribution in [-0.4, -0.2) is 19.9 Å². The van der Waals surface area contributed by atoms with E-state index in [9.17, 15) is 17.2 Å². The second-order valence-corrected chi connectivity index (χ2v) is 6.82. The fraction of sp³-hybridized carbons (Fsp3) is 0.125. The van der Waals surface area contributed by atoms with Crippen molar-refractivity contribution in [3.63, 3.8) is 0 Å². The van der Waals surface area contributed by atoms with Gasteiger partial charge in [-0.1, -0.05) is 18.2 Å². The Hall–Kier alpha value is -2.25. The van der Waals surface area contributed by atoms with E-state index >= 15 is 0 Å². The molecule has 23 heavy (non-hydrogen) atoms. The van der Waals surface area contributed by atoms with Crippen molar-refractivity contribution in [2.45, 2.75) is 11.3 Å². The third-order valence-electron chi connectivity index (χ3n) is 3.54. The third kappa shape index (κ3) is 3.25. The maximum Gasteiger partial charge on any atom is 0.243 e. The fourth-order valence-corrected chi connectivity index (χ4v) is 3.52. The van der Waals surface area contributed by atoms with Crippen LogP contribution < -0.4 is 4.72 Å². The van der Waals surface area contributed by atoms with Gasteiger partial charge in [-0.3, -0.25) is 0 Å². The summed E-state index contributed by atoms with van der Waals surface area (Å²) in [4.78, 5) is 2.55. The van der Waals surface area contributed by atoms with Gasteiger partial charge in [-0.05, 0) is 30.2 Å². The highest BCUT2D eigenvalue weighted by Crippen LogP contribution is 2.18. The lowest BCUT2D eigenvalue weighted by atomic mass is 10.1. The van der Waals surface area contributed by atoms with Crippen LogP contribution in [0, 0.1) is 11.6 Å². The zero-order valence-corrected chi connectivity index (χ0v) is 12.8. The summed E-state index contributed by atoms with van der Waals surface area (Å²) in [7, 11) is -4.02. The van der Waals surface area contributed by atoms with Gasteiger partial charge in [0.1, 0.15) is 16.5 Å². The lowest BCUT2D eigenvalue weighted by Gasteiger charge is -2.07. The van der Waals surface area contributed by atoms with Gasteiger partial charge in [-0.25, -0.2) is 21.9 Å². The van der Waals surface area contributed by atoms with Crippen LogP contribution in [0.2, 0.25) is 0 Å². The van der Waals surface area contributed by atoms with E-state index in [2.05, 4.69) is 9.71 Å². The molecule has 1 heterocycles. The van der Waals surface area contributed by atoms with E-state index in [1.165, 1.54) is 0 Å². The minimum Gasteiger partial charge on any atom is -0.361 e. The summed E-state index contributed by atoms with van der Waals surface area (Å²) in [5, 5.41) is 1.01. The molecule has 0 fully saturated rings. The maximum absolute atomic E-state index is 13.6. The molecule has 0 radical (unpaired) electrons. The molecular weight excluding hydrogens is 322 g/mol. The first-order valence-electron chi connectivity index (χ1n) is 6.97. The lowest BCUT2D eigenvalue weighted by molar-refractivity contribution is 0.543. The lowest BCUT2D eigenvalue weighted by Crippen LogP contribution is -2.26. The molecule has 1 aromatic heterocycles. The number of aromatic amines is 1. The molecule has 0 aliphatic heterocycles. The molecule has 0 aliphatic rings. The molecule has 3 aromatic rings. The third-order valence-corrected chi connectivity index (χ3v) is 5.04. The number of hydrogen-bond donors (Lipinski definition) is 2. The van der Waals surface area contributed by atoms with Crippen molar-refractivity contribution >= 4 is 20.9 Å². The molecule has 0 aliphatic carbocycles. The molecule has 7 heteroatoms. The highest BCUT2D eigenvalue weighted by Gasteiger charge is 2.19. The minimum absolute atomic E-state index is 0.112. The van der Waals surface area contributed by atoms with Crippen molar-refractivity contribution in [2.24, 2.45) is 0 Å². The normalized spacial score (nSPS) is 11.9. The highest BCUT2D eigenvalue weighted by molar-refractivity contribution is 7.89. The second-order valence-electron chi connectivity index (χ2n) is 5.08. The first kappa shape index (κ1) is 15.6. The van der Waals surface area contributed by atoms with Crippen molar-refractivity contribution < 1.29 is 17.2 Å². The number of aromatic nitrogens is 1. The monoisotopic (exact) mass is 336 g/mol. The van der Waals surface area contributed by atoms with Crippen LogP contribution in [0.3, 0.4) is 0 Å². The first-order chi connectivity index (χ1) is 11.0. The van der Waals surface area contributed by atoms with Crippen LogP contribution in [0.4, 0.5) is 8.78 Å². The molecule has 0 unspecified atom stereocenters. The van der Waals surface area contributed by atoms with Gasteiger partial charge < -0.3 is 4.98 Å². The average molecular weight is 336 g/mol. The molecule has 2 N–H and O–H groups in total. The second kappa shape index (κ2) is 6.10. The van der Waals surface area contributed by atoms with Gasteiger partial charge in [0, 0.05) is 29.7 Å². The largest absolute Gasteiger partial charge is 0.361 e. The van der Waals surface area contributed by atoms with E-state index in [0.717, 1.165) is 28.6 Å². The Bertz CT molecular complexity index is 952. The summed E-state index contributed by atoms with van der Waals surface area (Å²) in [5.41, 5.74) is 1.93. The van der Waals surface area contributed by atoms with Crippen LogP contribution in [0.5, 0.6) is 0 Å². The Morgan fingerprint density at radius 1 is 1.09 bits per heavy atom. The smallest absolute Gasteiger partial charge is 0.243 e. The Morgan fingerprint density at radius 3 is 2.65 bits per heavy atom. The predicted octanol–water partition coefficient (Wildman–Crippen LogP) is 2.97. The number of rotatable bonds is 5. The quantitative estimate of drug-likeness (QED) is 0.752. The van der Waals surface area contributed by atoms with Crippen LogP contribution in [0.1, 0.15) is 5.56 Å². The molecule has 0 bridgehead atoms. The predicted molar refractivity (Wildman–Crippen MR) is 83.5 cm³/mol. The SMILES string of the molecule is O=S(=O)(NCCc1c[nH]c2ccccc12)c1ccc(F)cc1F. The molecule has 120 valence electrons. The van der Waals surface area contributed by atoms with Gasteiger partial charge in [0.25, 0.3) is 0 Å². The molecule has 3 rings (SSSR count). The Kier molecular flexibility index (Phi) is 4.14. The van der Waals surface area contributed by atoms with Crippen LogP contribution in [0.15, 0.2) is 53.6 Å². The van der Waals surface area contributed by atoms with Crippen molar-refractivity contribution in [1.29, 1.82) is 0 Å². The number of benzene rings is 2. The van der Waals surface area contributed by atoms with Gasteiger partial charge in [-0.15, -0.1) is 0 Å². The summed E-state index contributed by atoms with van der Waals surface area (Å²) in [6.07, 6.45) is 2.27. The number of nitrogens with one attached hydrogen (secondary N) is 2. The molecule has 0 amide bonds. The van der Waals surface area contributed by atoms with E-state index in [0.29, 0.717) is 12.5 Å². The zero-order chi connectivity index (χ0) is 16.4. The van der Waals surface area contributed by atoms with Crippen LogP contribution in [0.25, 0.3) is 10.9 Å². The minimum atomic E-state index is -4.02. The Balaban J connectivity index is 1.72. The molecule has 4 nitrogen and oxygen atoms in total. The van der Waals surface area contributed by atoms with Crippen molar-refractivity contribution in [3.8, 4) is 0 Å². The summed E-state index contributed by atoms with van der Waals surface area (Å²) in [6.45, 7) is 0.112. The van der Waals surface area contributed by atoms with Gasteiger partial charge >= 0.3 is 0 Å². The molecule has 0 atom stereocenters. The van der Waals surface area contributed by atoms with Gasteiger partial charge in [-0.2, -0.15) is 0 Å². The summed E-state index contributed by atoms with van der Waals surface area (Å²) in [6, 6.07) is 10.1. The number of para-hydroxylation sites is 1. The molecular formula is C16H14F2N2O2S. The molecule has 2 aromatic carbocycles. The molecule has 0 saturated carbocycles. The van der Waals surface area contributed by atoms with E-state index < -0.39 is 26.6 Å². The standard InChI is InChI=1S/C16H14F2N2O2S/c17-12-5-6-16(14(18)9-12)23(21,22)20-8-7-11-10-19-15-4-2-1-3-13(11)15/h1-6,9-10,19-20H,7-8H2. The Morgan fingerprint density at radius 2 is 1.87 bits per heavy atom. The van der Waals surface area contributed by atoms with Gasteiger partial charge in [0.15, 0.2) is 0 Å². The average Bonchev–Trinajstić information content (AvgIpc) is 2.90. The maximum atomic E-state index is 13.6. The van der Waals surface area contributed by atoms with E-state index in [1.54, 1.807) is 0 Å². The van der Waals surface area contributed by atoms with E-state index in [1.807, 2.05) is 30.5 Å². The van der Waals surface area contributed by atoms with Gasteiger partial charge in [0.05, 0.1) is 0 Å². The molecule has 0 saturated heterocycles. The number of H-pyrrole nitrogens is 1. The van der Waals surface area contributed by atoms with E-state index in [4.69, 9.17) is 0 Å². The number of fused-ring (bicyclic) bond motifs is 1. The number of hydrogen-bond acceptors (Lipinski definition) is 2. The number of sulfonamides is 1.